The summed E-state index contributed by atoms with van der Waals surface area (Å²) in [5, 5.41) is 9.91. The van der Waals surface area contributed by atoms with Gasteiger partial charge in [0.05, 0.1) is 6.61 Å². The lowest BCUT2D eigenvalue weighted by Crippen LogP contribution is -1.97. The molecule has 3 nitrogen and oxygen atoms in total. The quantitative estimate of drug-likeness (QED) is 0.402. The van der Waals surface area contributed by atoms with Crippen molar-refractivity contribution in [3.8, 4) is 0 Å². The number of rotatable bonds is 0. The Kier molecular flexibility index (Phi) is 0.856. The standard InChI is InChI=1S/C3H4NO2/c5-3-4-1-2-6-3/h1,3H,2H2. The van der Waals surface area contributed by atoms with Gasteiger partial charge in [0.2, 0.25) is 0 Å². The Morgan fingerprint density at radius 2 is 2.83 bits per heavy atom. The summed E-state index contributed by atoms with van der Waals surface area (Å²) in [4.78, 5) is 3.33. The zero-order valence-corrected chi connectivity index (χ0v) is 3.13. The summed E-state index contributed by atoms with van der Waals surface area (Å²) in [6.45, 7) is 0.383. The second-order valence-electron chi connectivity index (χ2n) is 0.972. The van der Waals surface area contributed by atoms with E-state index in [1.54, 1.807) is 0 Å². The molecule has 0 aliphatic carbocycles. The van der Waals surface area contributed by atoms with E-state index in [9.17, 15) is 5.11 Å². The number of ether oxygens (including phenoxy) is 1. The molecule has 3 heteroatoms. The van der Waals surface area contributed by atoms with E-state index < -0.39 is 6.41 Å². The van der Waals surface area contributed by atoms with Gasteiger partial charge in [-0.15, -0.1) is 0 Å². The highest BCUT2D eigenvalue weighted by molar-refractivity contribution is 5.59. The Balaban J connectivity index is 2.38. The highest BCUT2D eigenvalue weighted by atomic mass is 16.6. The lowest BCUT2D eigenvalue weighted by molar-refractivity contribution is -0.108. The number of aliphatic imine (C=N–C) groups is 1. The van der Waals surface area contributed by atoms with Crippen molar-refractivity contribution in [2.24, 2.45) is 4.99 Å². The van der Waals surface area contributed by atoms with Crippen LogP contribution in [0.2, 0.25) is 0 Å². The van der Waals surface area contributed by atoms with Crippen LogP contribution < -0.4 is 0 Å². The molecule has 0 amide bonds. The van der Waals surface area contributed by atoms with Crippen molar-refractivity contribution in [3.63, 3.8) is 0 Å². The zero-order chi connectivity index (χ0) is 4.41. The summed E-state index contributed by atoms with van der Waals surface area (Å²) in [5.74, 6) is 0. The minimum absolute atomic E-state index is 0.383. The van der Waals surface area contributed by atoms with Crippen LogP contribution in [0.1, 0.15) is 0 Å². The van der Waals surface area contributed by atoms with Crippen LogP contribution in [0.5, 0.6) is 0 Å². The largest absolute Gasteiger partial charge is 0.326 e. The molecule has 0 aromatic rings. The van der Waals surface area contributed by atoms with Gasteiger partial charge in [-0.3, -0.25) is 0 Å². The van der Waals surface area contributed by atoms with E-state index in [1.807, 2.05) is 0 Å². The molecule has 0 spiro atoms. The number of nitrogens with zero attached hydrogens (tertiary/aromatic N) is 1. The first-order valence-electron chi connectivity index (χ1n) is 1.68. The van der Waals surface area contributed by atoms with Crippen LogP contribution in [0.4, 0.5) is 0 Å². The van der Waals surface area contributed by atoms with Gasteiger partial charge >= 0.3 is 0 Å². The molecule has 1 unspecified atom stereocenters. The molecule has 0 saturated heterocycles. The maximum Gasteiger partial charge on any atom is 0.288 e. The third kappa shape index (κ3) is 0.555. The second-order valence-corrected chi connectivity index (χ2v) is 0.972. The van der Waals surface area contributed by atoms with E-state index in [0.717, 1.165) is 0 Å². The summed E-state index contributed by atoms with van der Waals surface area (Å²) in [7, 11) is 0. The van der Waals surface area contributed by atoms with Gasteiger partial charge in [-0.2, -0.15) is 5.11 Å². The molecule has 0 fully saturated rings. The topological polar surface area (TPSA) is 41.5 Å². The van der Waals surface area contributed by atoms with Gasteiger partial charge in [0.25, 0.3) is 6.41 Å². The molecule has 1 atom stereocenters. The maximum atomic E-state index is 9.91. The SMILES string of the molecule is [O]C1N=CCO1. The summed E-state index contributed by atoms with van der Waals surface area (Å²) < 4.78 is 4.38. The minimum Gasteiger partial charge on any atom is -0.326 e. The van der Waals surface area contributed by atoms with Gasteiger partial charge < -0.3 is 4.74 Å². The van der Waals surface area contributed by atoms with E-state index in [2.05, 4.69) is 9.73 Å². The summed E-state index contributed by atoms with van der Waals surface area (Å²) in [6.07, 6.45) is 0.336. The van der Waals surface area contributed by atoms with Crippen LogP contribution >= 0.6 is 0 Å². The van der Waals surface area contributed by atoms with Crippen molar-refractivity contribution in [3.05, 3.63) is 0 Å². The summed E-state index contributed by atoms with van der Waals surface area (Å²) >= 11 is 0. The predicted octanol–water partition coefficient (Wildman–Crippen LogP) is -0.199. The lowest BCUT2D eigenvalue weighted by atomic mass is 10.8. The van der Waals surface area contributed by atoms with Gasteiger partial charge in [0.1, 0.15) is 0 Å². The fraction of sp³-hybridized carbons (Fsp3) is 0.667. The van der Waals surface area contributed by atoms with E-state index in [-0.39, 0.29) is 0 Å². The Morgan fingerprint density at radius 3 is 3.00 bits per heavy atom. The number of hydrogen-bond acceptors (Lipinski definition) is 2. The first kappa shape index (κ1) is 3.77. The molecule has 0 aromatic carbocycles. The molecule has 33 valence electrons. The molecule has 0 aromatic heterocycles. The smallest absolute Gasteiger partial charge is 0.288 e. The Labute approximate surface area is 35.3 Å². The first-order valence-corrected chi connectivity index (χ1v) is 1.68. The highest BCUT2D eigenvalue weighted by Crippen LogP contribution is 1.92. The van der Waals surface area contributed by atoms with Crippen molar-refractivity contribution >= 4 is 6.21 Å². The number of hydrogen-bond donors (Lipinski definition) is 0. The van der Waals surface area contributed by atoms with E-state index >= 15 is 0 Å². The Morgan fingerprint density at radius 1 is 2.00 bits per heavy atom. The van der Waals surface area contributed by atoms with Gasteiger partial charge in [-0.1, -0.05) is 0 Å². The van der Waals surface area contributed by atoms with Crippen LogP contribution in [-0.4, -0.2) is 19.2 Å². The molecule has 1 aliphatic heterocycles. The maximum absolute atomic E-state index is 9.91. The molecule has 0 saturated carbocycles. The Bertz CT molecular complexity index is 71.2. The molecule has 1 aliphatic rings. The van der Waals surface area contributed by atoms with Crippen LogP contribution in [0, 0.1) is 0 Å². The van der Waals surface area contributed by atoms with Gasteiger partial charge in [-0.25, -0.2) is 4.99 Å². The molecular formula is C3H4NO2. The second kappa shape index (κ2) is 1.36. The normalized spacial score (nSPS) is 31.8. The monoisotopic (exact) mass is 86.0 g/mol. The molecule has 0 bridgehead atoms. The van der Waals surface area contributed by atoms with Gasteiger partial charge in [0.15, 0.2) is 0 Å². The molecule has 6 heavy (non-hydrogen) atoms. The van der Waals surface area contributed by atoms with E-state index in [0.29, 0.717) is 6.61 Å². The van der Waals surface area contributed by atoms with E-state index in [4.69, 9.17) is 0 Å². The van der Waals surface area contributed by atoms with Gasteiger partial charge in [0, 0.05) is 6.21 Å². The third-order valence-electron chi connectivity index (χ3n) is 0.540. The average Bonchev–Trinajstić information content (AvgIpc) is 1.86. The minimum atomic E-state index is -1.13. The van der Waals surface area contributed by atoms with Crippen LogP contribution in [0.3, 0.4) is 0 Å². The van der Waals surface area contributed by atoms with Crippen LogP contribution in [0.15, 0.2) is 4.99 Å². The highest BCUT2D eigenvalue weighted by Gasteiger charge is 2.04. The Hall–Kier alpha value is -0.410. The van der Waals surface area contributed by atoms with Crippen LogP contribution in [0.25, 0.3) is 0 Å². The zero-order valence-electron chi connectivity index (χ0n) is 3.13. The molecular weight excluding hydrogens is 82.0 g/mol. The van der Waals surface area contributed by atoms with Crippen molar-refractivity contribution < 1.29 is 9.84 Å². The average molecular weight is 86.1 g/mol. The van der Waals surface area contributed by atoms with E-state index in [1.165, 1.54) is 6.21 Å². The molecule has 1 heterocycles. The first-order chi connectivity index (χ1) is 2.89. The third-order valence-corrected chi connectivity index (χ3v) is 0.540. The lowest BCUT2D eigenvalue weighted by Gasteiger charge is -1.87. The molecule has 0 N–H and O–H groups in total. The fourth-order valence-corrected chi connectivity index (χ4v) is 0.297. The van der Waals surface area contributed by atoms with Crippen molar-refractivity contribution in [1.82, 2.24) is 0 Å². The van der Waals surface area contributed by atoms with Crippen molar-refractivity contribution in [2.45, 2.75) is 6.41 Å². The molecule has 1 radical (unpaired) electrons. The van der Waals surface area contributed by atoms with Crippen LogP contribution in [-0.2, 0) is 9.84 Å². The summed E-state index contributed by atoms with van der Waals surface area (Å²) in [5.41, 5.74) is 0. The van der Waals surface area contributed by atoms with Crippen molar-refractivity contribution in [2.75, 3.05) is 6.61 Å². The predicted molar refractivity (Wildman–Crippen MR) is 18.9 cm³/mol. The summed E-state index contributed by atoms with van der Waals surface area (Å²) in [6, 6.07) is 0. The van der Waals surface area contributed by atoms with Gasteiger partial charge in [-0.05, 0) is 0 Å². The molecule has 1 rings (SSSR count). The fourth-order valence-electron chi connectivity index (χ4n) is 0.297. The van der Waals surface area contributed by atoms with Crippen molar-refractivity contribution in [1.29, 1.82) is 0 Å².